The molecule has 1 heterocycles. The quantitative estimate of drug-likeness (QED) is 0.867. The van der Waals surface area contributed by atoms with Crippen LogP contribution in [0.3, 0.4) is 0 Å². The minimum Gasteiger partial charge on any atom is -0.496 e. The maximum atomic E-state index is 13.2. The van der Waals surface area contributed by atoms with Crippen LogP contribution in [-0.2, 0) is 9.47 Å². The SMILES string of the molecule is COc1ccc(F)cc1C(O)C1COCCO1. The molecule has 17 heavy (non-hydrogen) atoms. The molecule has 0 spiro atoms. The third-order valence-corrected chi connectivity index (χ3v) is 2.70. The molecule has 0 bridgehead atoms. The summed E-state index contributed by atoms with van der Waals surface area (Å²) in [6.07, 6.45) is -1.44. The Morgan fingerprint density at radius 3 is 2.94 bits per heavy atom. The molecular formula is C12H15FO4. The van der Waals surface area contributed by atoms with Crippen molar-refractivity contribution in [1.29, 1.82) is 0 Å². The van der Waals surface area contributed by atoms with Crippen molar-refractivity contribution < 1.29 is 23.7 Å². The average molecular weight is 242 g/mol. The highest BCUT2D eigenvalue weighted by Gasteiger charge is 2.27. The lowest BCUT2D eigenvalue weighted by Gasteiger charge is -2.28. The zero-order chi connectivity index (χ0) is 12.3. The van der Waals surface area contributed by atoms with Crippen LogP contribution in [0.15, 0.2) is 18.2 Å². The molecule has 0 radical (unpaired) electrons. The van der Waals surface area contributed by atoms with E-state index in [1.165, 1.54) is 25.3 Å². The molecule has 0 saturated carbocycles. The Morgan fingerprint density at radius 1 is 1.47 bits per heavy atom. The number of hydrogen-bond acceptors (Lipinski definition) is 4. The fourth-order valence-electron chi connectivity index (χ4n) is 1.82. The van der Waals surface area contributed by atoms with Gasteiger partial charge in [-0.2, -0.15) is 0 Å². The Labute approximate surface area is 98.9 Å². The fraction of sp³-hybridized carbons (Fsp3) is 0.500. The number of benzene rings is 1. The number of halogens is 1. The first-order valence-corrected chi connectivity index (χ1v) is 5.43. The standard InChI is InChI=1S/C12H15FO4/c1-15-10-3-2-8(13)6-9(10)12(14)11-7-16-4-5-17-11/h2-3,6,11-12,14H,4-5,7H2,1H3. The van der Waals surface area contributed by atoms with E-state index < -0.39 is 18.0 Å². The maximum absolute atomic E-state index is 13.2. The van der Waals surface area contributed by atoms with Crippen LogP contribution >= 0.6 is 0 Å². The van der Waals surface area contributed by atoms with Gasteiger partial charge in [0, 0.05) is 5.56 Å². The van der Waals surface area contributed by atoms with Gasteiger partial charge in [-0.15, -0.1) is 0 Å². The van der Waals surface area contributed by atoms with Crippen molar-refractivity contribution in [3.8, 4) is 5.75 Å². The maximum Gasteiger partial charge on any atom is 0.124 e. The molecule has 1 fully saturated rings. The minimum absolute atomic E-state index is 0.292. The Bertz CT molecular complexity index is 377. The van der Waals surface area contributed by atoms with E-state index in [0.717, 1.165) is 0 Å². The van der Waals surface area contributed by atoms with Gasteiger partial charge in [-0.1, -0.05) is 0 Å². The van der Waals surface area contributed by atoms with E-state index in [0.29, 0.717) is 31.1 Å². The molecule has 2 unspecified atom stereocenters. The van der Waals surface area contributed by atoms with Crippen LogP contribution in [-0.4, -0.2) is 38.1 Å². The minimum atomic E-state index is -0.957. The molecule has 1 aliphatic rings. The Balaban J connectivity index is 2.21. The van der Waals surface area contributed by atoms with Crippen molar-refractivity contribution in [2.75, 3.05) is 26.9 Å². The van der Waals surface area contributed by atoms with Gasteiger partial charge in [-0.25, -0.2) is 4.39 Å². The fourth-order valence-corrected chi connectivity index (χ4v) is 1.82. The monoisotopic (exact) mass is 242 g/mol. The van der Waals surface area contributed by atoms with Crippen molar-refractivity contribution in [2.45, 2.75) is 12.2 Å². The van der Waals surface area contributed by atoms with Gasteiger partial charge >= 0.3 is 0 Å². The lowest BCUT2D eigenvalue weighted by atomic mass is 10.0. The van der Waals surface area contributed by atoms with Gasteiger partial charge in [-0.05, 0) is 18.2 Å². The van der Waals surface area contributed by atoms with Gasteiger partial charge < -0.3 is 19.3 Å². The molecule has 2 atom stereocenters. The van der Waals surface area contributed by atoms with Crippen molar-refractivity contribution in [3.05, 3.63) is 29.6 Å². The summed E-state index contributed by atoms with van der Waals surface area (Å²) in [5.41, 5.74) is 0.378. The predicted octanol–water partition coefficient (Wildman–Crippen LogP) is 1.28. The van der Waals surface area contributed by atoms with Crippen LogP contribution in [0.4, 0.5) is 4.39 Å². The molecular weight excluding hydrogens is 227 g/mol. The number of rotatable bonds is 3. The molecule has 5 heteroatoms. The molecule has 94 valence electrons. The first-order valence-electron chi connectivity index (χ1n) is 5.43. The average Bonchev–Trinajstić information content (AvgIpc) is 2.39. The van der Waals surface area contributed by atoms with E-state index in [1.807, 2.05) is 0 Å². The van der Waals surface area contributed by atoms with E-state index in [1.54, 1.807) is 0 Å². The van der Waals surface area contributed by atoms with E-state index in [-0.39, 0.29) is 0 Å². The van der Waals surface area contributed by atoms with Crippen LogP contribution in [0, 0.1) is 5.82 Å². The van der Waals surface area contributed by atoms with Crippen molar-refractivity contribution >= 4 is 0 Å². The summed E-state index contributed by atoms with van der Waals surface area (Å²) in [6, 6.07) is 4.02. The molecule has 1 aromatic rings. The summed E-state index contributed by atoms with van der Waals surface area (Å²) in [5.74, 6) is 0.0182. The second-order valence-corrected chi connectivity index (χ2v) is 3.82. The summed E-state index contributed by atoms with van der Waals surface area (Å²) in [4.78, 5) is 0. The predicted molar refractivity (Wildman–Crippen MR) is 58.5 cm³/mol. The van der Waals surface area contributed by atoms with Gasteiger partial charge in [0.15, 0.2) is 0 Å². The van der Waals surface area contributed by atoms with E-state index in [2.05, 4.69) is 0 Å². The second-order valence-electron chi connectivity index (χ2n) is 3.82. The highest BCUT2D eigenvalue weighted by molar-refractivity contribution is 5.36. The molecule has 2 rings (SSSR count). The highest BCUT2D eigenvalue weighted by atomic mass is 19.1. The van der Waals surface area contributed by atoms with Crippen molar-refractivity contribution in [3.63, 3.8) is 0 Å². The van der Waals surface area contributed by atoms with Gasteiger partial charge in [-0.3, -0.25) is 0 Å². The Morgan fingerprint density at radius 2 is 2.29 bits per heavy atom. The van der Waals surface area contributed by atoms with Crippen molar-refractivity contribution in [2.24, 2.45) is 0 Å². The molecule has 0 amide bonds. The topological polar surface area (TPSA) is 47.9 Å². The summed E-state index contributed by atoms with van der Waals surface area (Å²) in [5, 5.41) is 10.1. The smallest absolute Gasteiger partial charge is 0.124 e. The van der Waals surface area contributed by atoms with Crippen LogP contribution in [0.2, 0.25) is 0 Å². The van der Waals surface area contributed by atoms with Gasteiger partial charge in [0.05, 0.1) is 26.9 Å². The van der Waals surface area contributed by atoms with Crippen molar-refractivity contribution in [1.82, 2.24) is 0 Å². The molecule has 1 saturated heterocycles. The zero-order valence-corrected chi connectivity index (χ0v) is 9.56. The highest BCUT2D eigenvalue weighted by Crippen LogP contribution is 2.30. The van der Waals surface area contributed by atoms with Crippen LogP contribution in [0.25, 0.3) is 0 Å². The number of aliphatic hydroxyl groups is 1. The zero-order valence-electron chi connectivity index (χ0n) is 9.56. The molecule has 4 nitrogen and oxygen atoms in total. The van der Waals surface area contributed by atoms with Gasteiger partial charge in [0.1, 0.15) is 23.8 Å². The van der Waals surface area contributed by atoms with E-state index >= 15 is 0 Å². The van der Waals surface area contributed by atoms with E-state index in [9.17, 15) is 9.50 Å². The first kappa shape index (κ1) is 12.3. The number of ether oxygens (including phenoxy) is 3. The molecule has 0 aliphatic carbocycles. The summed E-state index contributed by atoms with van der Waals surface area (Å²) in [7, 11) is 1.47. The van der Waals surface area contributed by atoms with Gasteiger partial charge in [0.25, 0.3) is 0 Å². The van der Waals surface area contributed by atoms with Crippen LogP contribution in [0.5, 0.6) is 5.75 Å². The summed E-state index contributed by atoms with van der Waals surface area (Å²) in [6.45, 7) is 1.24. The summed E-state index contributed by atoms with van der Waals surface area (Å²) < 4.78 is 28.9. The third kappa shape index (κ3) is 2.74. The largest absolute Gasteiger partial charge is 0.496 e. The van der Waals surface area contributed by atoms with Crippen LogP contribution in [0.1, 0.15) is 11.7 Å². The molecule has 0 aromatic heterocycles. The molecule has 1 N–H and O–H groups in total. The Kier molecular flexibility index (Phi) is 3.93. The third-order valence-electron chi connectivity index (χ3n) is 2.70. The van der Waals surface area contributed by atoms with Gasteiger partial charge in [0.2, 0.25) is 0 Å². The number of methoxy groups -OCH3 is 1. The number of hydrogen-bond donors (Lipinski definition) is 1. The lowest BCUT2D eigenvalue weighted by Crippen LogP contribution is -2.34. The number of aliphatic hydroxyl groups excluding tert-OH is 1. The molecule has 1 aliphatic heterocycles. The van der Waals surface area contributed by atoms with E-state index in [4.69, 9.17) is 14.2 Å². The normalized spacial score (nSPS) is 22.2. The Hall–Kier alpha value is -1.17. The van der Waals surface area contributed by atoms with Crippen LogP contribution < -0.4 is 4.74 Å². The summed E-state index contributed by atoms with van der Waals surface area (Å²) >= 11 is 0. The molecule has 1 aromatic carbocycles. The first-order chi connectivity index (χ1) is 8.22. The second kappa shape index (κ2) is 5.44. The lowest BCUT2D eigenvalue weighted by molar-refractivity contribution is -0.133.